The molecule has 0 saturated carbocycles. The van der Waals surface area contributed by atoms with Gasteiger partial charge in [0.1, 0.15) is 5.75 Å². The van der Waals surface area contributed by atoms with Crippen molar-refractivity contribution in [2.24, 2.45) is 0 Å². The van der Waals surface area contributed by atoms with Crippen LogP contribution in [0.1, 0.15) is 24.9 Å². The number of aromatic hydroxyl groups is 1. The van der Waals surface area contributed by atoms with Crippen LogP contribution >= 0.6 is 0 Å². The summed E-state index contributed by atoms with van der Waals surface area (Å²) in [7, 11) is 1.54. The second kappa shape index (κ2) is 6.63. The third kappa shape index (κ3) is 4.87. The van der Waals surface area contributed by atoms with Crippen LogP contribution in [0.2, 0.25) is 0 Å². The summed E-state index contributed by atoms with van der Waals surface area (Å²) >= 11 is 0. The van der Waals surface area contributed by atoms with E-state index in [1.165, 1.54) is 11.9 Å². The van der Waals surface area contributed by atoms with Crippen LogP contribution in [0.25, 0.3) is 0 Å². The molecule has 0 unspecified atom stereocenters. The number of rotatable bonds is 5. The summed E-state index contributed by atoms with van der Waals surface area (Å²) in [4.78, 5) is 23.5. The molecular formula is C13H18N2O4. The van der Waals surface area contributed by atoms with Gasteiger partial charge in [0.15, 0.2) is 0 Å². The van der Waals surface area contributed by atoms with E-state index in [2.05, 4.69) is 5.32 Å². The first kappa shape index (κ1) is 14.8. The molecule has 1 rings (SSSR count). The first-order valence-electron chi connectivity index (χ1n) is 5.92. The van der Waals surface area contributed by atoms with Gasteiger partial charge in [-0.2, -0.15) is 0 Å². The molecule has 19 heavy (non-hydrogen) atoms. The Hall–Kier alpha value is -2.24. The summed E-state index contributed by atoms with van der Waals surface area (Å²) in [5, 5.41) is 20.6. The normalized spacial score (nSPS) is 11.7. The van der Waals surface area contributed by atoms with Gasteiger partial charge in [0.2, 0.25) is 0 Å². The standard InChI is InChI=1S/C13H18N2O4/c1-9(10-4-3-5-11(16)8-10)14-13(19)15(2)7-6-12(17)18/h3-5,8-9,16H,6-7H2,1-2H3,(H,14,19)(H,17,18)/t9-/m1/s1. The number of nitrogens with zero attached hydrogens (tertiary/aromatic N) is 1. The molecule has 2 amide bonds. The Morgan fingerprint density at radius 3 is 2.68 bits per heavy atom. The van der Waals surface area contributed by atoms with Gasteiger partial charge in [0, 0.05) is 13.6 Å². The number of carboxylic acid groups (broad SMARTS) is 1. The molecule has 0 aliphatic carbocycles. The van der Waals surface area contributed by atoms with Crippen molar-refractivity contribution in [2.75, 3.05) is 13.6 Å². The van der Waals surface area contributed by atoms with Crippen LogP contribution in [0.5, 0.6) is 5.75 Å². The molecule has 0 saturated heterocycles. The lowest BCUT2D eigenvalue weighted by atomic mass is 10.1. The van der Waals surface area contributed by atoms with Crippen molar-refractivity contribution in [1.82, 2.24) is 10.2 Å². The topological polar surface area (TPSA) is 89.9 Å². The number of carboxylic acids is 1. The minimum absolute atomic E-state index is 0.0928. The van der Waals surface area contributed by atoms with Gasteiger partial charge in [0.05, 0.1) is 12.5 Å². The average molecular weight is 266 g/mol. The Morgan fingerprint density at radius 2 is 2.11 bits per heavy atom. The summed E-state index contributed by atoms with van der Waals surface area (Å²) in [5.74, 6) is -0.807. The van der Waals surface area contributed by atoms with Gasteiger partial charge in [-0.3, -0.25) is 4.79 Å². The van der Waals surface area contributed by atoms with Crippen molar-refractivity contribution in [3.8, 4) is 5.75 Å². The highest BCUT2D eigenvalue weighted by Gasteiger charge is 2.14. The molecule has 1 atom stereocenters. The van der Waals surface area contributed by atoms with Gasteiger partial charge in [-0.05, 0) is 24.6 Å². The Morgan fingerprint density at radius 1 is 1.42 bits per heavy atom. The maximum Gasteiger partial charge on any atom is 0.317 e. The van der Waals surface area contributed by atoms with Crippen molar-refractivity contribution in [1.29, 1.82) is 0 Å². The number of urea groups is 1. The number of hydrogen-bond donors (Lipinski definition) is 3. The van der Waals surface area contributed by atoms with E-state index in [-0.39, 0.29) is 30.8 Å². The Kier molecular flexibility index (Phi) is 5.17. The quantitative estimate of drug-likeness (QED) is 0.754. The third-order valence-corrected chi connectivity index (χ3v) is 2.72. The number of phenols is 1. The number of benzene rings is 1. The van der Waals surface area contributed by atoms with Gasteiger partial charge in [-0.1, -0.05) is 12.1 Å². The number of carbonyl (C=O) groups excluding carboxylic acids is 1. The van der Waals surface area contributed by atoms with E-state index >= 15 is 0 Å². The lowest BCUT2D eigenvalue weighted by Crippen LogP contribution is -2.39. The third-order valence-electron chi connectivity index (χ3n) is 2.72. The molecule has 0 aliphatic heterocycles. The van der Waals surface area contributed by atoms with Crippen LogP contribution in [-0.2, 0) is 4.79 Å². The minimum atomic E-state index is -0.944. The van der Waals surface area contributed by atoms with Crippen LogP contribution in [-0.4, -0.2) is 40.7 Å². The molecule has 1 aromatic rings. The zero-order valence-electron chi connectivity index (χ0n) is 11.0. The molecule has 6 nitrogen and oxygen atoms in total. The van der Waals surface area contributed by atoms with E-state index in [0.29, 0.717) is 0 Å². The van der Waals surface area contributed by atoms with E-state index in [4.69, 9.17) is 5.11 Å². The fourth-order valence-electron chi connectivity index (χ4n) is 1.54. The van der Waals surface area contributed by atoms with E-state index in [0.717, 1.165) is 5.56 Å². The van der Waals surface area contributed by atoms with Crippen LogP contribution < -0.4 is 5.32 Å². The highest BCUT2D eigenvalue weighted by molar-refractivity contribution is 5.75. The predicted octanol–water partition coefficient (Wildman–Crippen LogP) is 1.57. The van der Waals surface area contributed by atoms with Gasteiger partial charge < -0.3 is 20.4 Å². The molecule has 0 aliphatic rings. The largest absolute Gasteiger partial charge is 0.508 e. The summed E-state index contributed by atoms with van der Waals surface area (Å²) in [6.07, 6.45) is -0.0928. The summed E-state index contributed by atoms with van der Waals surface area (Å²) in [6, 6.07) is 5.99. The number of nitrogens with one attached hydrogen (secondary N) is 1. The van der Waals surface area contributed by atoms with E-state index in [1.807, 2.05) is 0 Å². The Balaban J connectivity index is 2.54. The Bertz CT molecular complexity index is 462. The highest BCUT2D eigenvalue weighted by atomic mass is 16.4. The number of carbonyl (C=O) groups is 2. The maximum absolute atomic E-state index is 11.8. The van der Waals surface area contributed by atoms with Gasteiger partial charge in [-0.25, -0.2) is 4.79 Å². The van der Waals surface area contributed by atoms with Crippen LogP contribution in [0.4, 0.5) is 4.79 Å². The molecule has 0 aromatic heterocycles. The number of hydrogen-bond acceptors (Lipinski definition) is 3. The van der Waals surface area contributed by atoms with E-state index < -0.39 is 5.97 Å². The molecular weight excluding hydrogens is 248 g/mol. The van der Waals surface area contributed by atoms with Crippen molar-refractivity contribution < 1.29 is 19.8 Å². The van der Waals surface area contributed by atoms with Crippen molar-refractivity contribution in [2.45, 2.75) is 19.4 Å². The maximum atomic E-state index is 11.8. The number of phenolic OH excluding ortho intramolecular Hbond substituents is 1. The van der Waals surface area contributed by atoms with Crippen LogP contribution in [0.3, 0.4) is 0 Å². The molecule has 0 heterocycles. The molecule has 0 radical (unpaired) electrons. The molecule has 1 aromatic carbocycles. The van der Waals surface area contributed by atoms with E-state index in [1.54, 1.807) is 31.2 Å². The monoisotopic (exact) mass is 266 g/mol. The van der Waals surface area contributed by atoms with Gasteiger partial charge in [0.25, 0.3) is 0 Å². The molecule has 0 bridgehead atoms. The second-order valence-corrected chi connectivity index (χ2v) is 4.33. The molecule has 0 fully saturated rings. The number of aliphatic carboxylic acids is 1. The van der Waals surface area contributed by atoms with Crippen LogP contribution in [0, 0.1) is 0 Å². The molecule has 104 valence electrons. The Labute approximate surface area is 111 Å². The zero-order chi connectivity index (χ0) is 14.4. The summed E-state index contributed by atoms with van der Waals surface area (Å²) < 4.78 is 0. The second-order valence-electron chi connectivity index (χ2n) is 4.33. The highest BCUT2D eigenvalue weighted by Crippen LogP contribution is 2.17. The summed E-state index contributed by atoms with van der Waals surface area (Å²) in [5.41, 5.74) is 0.778. The van der Waals surface area contributed by atoms with Gasteiger partial charge in [-0.15, -0.1) is 0 Å². The van der Waals surface area contributed by atoms with Crippen molar-refractivity contribution in [3.63, 3.8) is 0 Å². The molecule has 0 spiro atoms. The van der Waals surface area contributed by atoms with Crippen LogP contribution in [0.15, 0.2) is 24.3 Å². The van der Waals surface area contributed by atoms with Crippen molar-refractivity contribution >= 4 is 12.0 Å². The predicted molar refractivity (Wildman–Crippen MR) is 69.9 cm³/mol. The lowest BCUT2D eigenvalue weighted by molar-refractivity contribution is -0.137. The first-order valence-corrected chi connectivity index (χ1v) is 5.92. The lowest BCUT2D eigenvalue weighted by Gasteiger charge is -2.21. The molecule has 6 heteroatoms. The SMILES string of the molecule is C[C@@H](NC(=O)N(C)CCC(=O)O)c1cccc(O)c1. The fraction of sp³-hybridized carbons (Fsp3) is 0.385. The average Bonchev–Trinajstić information content (AvgIpc) is 2.35. The van der Waals surface area contributed by atoms with Gasteiger partial charge >= 0.3 is 12.0 Å². The van der Waals surface area contributed by atoms with Crippen molar-refractivity contribution in [3.05, 3.63) is 29.8 Å². The first-order chi connectivity index (χ1) is 8.90. The summed E-state index contributed by atoms with van der Waals surface area (Å²) in [6.45, 7) is 1.94. The number of amides is 2. The smallest absolute Gasteiger partial charge is 0.317 e. The van der Waals surface area contributed by atoms with E-state index in [9.17, 15) is 14.7 Å². The zero-order valence-corrected chi connectivity index (χ0v) is 11.0. The molecule has 3 N–H and O–H groups in total. The fourth-order valence-corrected chi connectivity index (χ4v) is 1.54. The minimum Gasteiger partial charge on any atom is -0.508 e.